The van der Waals surface area contributed by atoms with E-state index < -0.39 is 9.84 Å². The summed E-state index contributed by atoms with van der Waals surface area (Å²) in [7, 11) is -1.26. The van der Waals surface area contributed by atoms with Crippen molar-refractivity contribution in [3.63, 3.8) is 0 Å². The number of aromatic nitrogens is 1. The Bertz CT molecular complexity index is 836. The predicted molar refractivity (Wildman–Crippen MR) is 107 cm³/mol. The molecular weight excluding hydrogens is 348 g/mol. The van der Waals surface area contributed by atoms with Gasteiger partial charge in [-0.1, -0.05) is 24.3 Å². The fourth-order valence-electron chi connectivity index (χ4n) is 2.45. The first kappa shape index (κ1) is 19.9. The quantitative estimate of drug-likeness (QED) is 0.574. The van der Waals surface area contributed by atoms with Crippen LogP contribution in [0.1, 0.15) is 18.9 Å². The lowest BCUT2D eigenvalue weighted by atomic mass is 10.1. The fraction of sp³-hybridized carbons (Fsp3) is 0.368. The molecule has 0 aliphatic rings. The van der Waals surface area contributed by atoms with Crippen molar-refractivity contribution in [3.8, 4) is 11.3 Å². The number of rotatable bonds is 7. The number of hydrogen-bond donors (Lipinski definition) is 2. The molecule has 1 aromatic carbocycles. The second-order valence-electron chi connectivity index (χ2n) is 6.31. The molecule has 0 fully saturated rings. The van der Waals surface area contributed by atoms with Gasteiger partial charge < -0.3 is 10.6 Å². The lowest BCUT2D eigenvalue weighted by Crippen LogP contribution is -2.42. The van der Waals surface area contributed by atoms with E-state index in [1.807, 2.05) is 43.3 Å². The van der Waals surface area contributed by atoms with E-state index in [0.717, 1.165) is 16.8 Å². The van der Waals surface area contributed by atoms with Crippen molar-refractivity contribution < 1.29 is 8.42 Å². The maximum Gasteiger partial charge on any atom is 0.191 e. The van der Waals surface area contributed by atoms with E-state index in [4.69, 9.17) is 0 Å². The highest BCUT2D eigenvalue weighted by molar-refractivity contribution is 7.90. The second kappa shape index (κ2) is 9.33. The number of aliphatic imine (C=N–C) groups is 1. The average molecular weight is 375 g/mol. The van der Waals surface area contributed by atoms with Crippen LogP contribution in [0.4, 0.5) is 0 Å². The minimum absolute atomic E-state index is 0.00998. The van der Waals surface area contributed by atoms with Crippen molar-refractivity contribution >= 4 is 15.8 Å². The molecule has 1 aromatic heterocycles. The summed E-state index contributed by atoms with van der Waals surface area (Å²) in [5.74, 6) is 0.804. The Hall–Kier alpha value is -2.41. The molecule has 0 radical (unpaired) electrons. The van der Waals surface area contributed by atoms with Gasteiger partial charge in [-0.25, -0.2) is 8.42 Å². The van der Waals surface area contributed by atoms with Crippen LogP contribution in [-0.2, 0) is 16.4 Å². The van der Waals surface area contributed by atoms with Crippen molar-refractivity contribution in [2.45, 2.75) is 25.9 Å². The summed E-state index contributed by atoms with van der Waals surface area (Å²) in [6, 6.07) is 14.0. The standard InChI is InChI=1S/C19H26N4O2S/c1-15(10-12-26(3,24)25)23-19(20-2)22-14-16-7-6-8-17(13-16)18-9-4-5-11-21-18/h4-9,11,13,15H,10,12,14H2,1-3H3,(H2,20,22,23). The van der Waals surface area contributed by atoms with E-state index in [9.17, 15) is 8.42 Å². The summed E-state index contributed by atoms with van der Waals surface area (Å²) in [5, 5.41) is 6.48. The molecule has 1 unspecified atom stereocenters. The summed E-state index contributed by atoms with van der Waals surface area (Å²) in [4.78, 5) is 8.58. The van der Waals surface area contributed by atoms with E-state index in [0.29, 0.717) is 18.9 Å². The molecule has 0 aliphatic heterocycles. The maximum absolute atomic E-state index is 11.3. The third-order valence-electron chi connectivity index (χ3n) is 3.88. The molecule has 0 saturated heterocycles. The lowest BCUT2D eigenvalue weighted by Gasteiger charge is -2.17. The van der Waals surface area contributed by atoms with Gasteiger partial charge in [0.15, 0.2) is 5.96 Å². The third kappa shape index (κ3) is 6.84. The number of nitrogens with zero attached hydrogens (tertiary/aromatic N) is 2. The zero-order valence-corrected chi connectivity index (χ0v) is 16.3. The Morgan fingerprint density at radius 2 is 2.04 bits per heavy atom. The van der Waals surface area contributed by atoms with Gasteiger partial charge in [0, 0.05) is 37.7 Å². The van der Waals surface area contributed by atoms with Crippen LogP contribution in [0.3, 0.4) is 0 Å². The maximum atomic E-state index is 11.3. The first-order chi connectivity index (χ1) is 12.4. The molecule has 2 N–H and O–H groups in total. The van der Waals surface area contributed by atoms with Gasteiger partial charge in [-0.2, -0.15) is 0 Å². The highest BCUT2D eigenvalue weighted by Gasteiger charge is 2.09. The summed E-state index contributed by atoms with van der Waals surface area (Å²) in [6.07, 6.45) is 3.57. The zero-order valence-electron chi connectivity index (χ0n) is 15.4. The molecule has 6 nitrogen and oxygen atoms in total. The van der Waals surface area contributed by atoms with Crippen molar-refractivity contribution in [3.05, 3.63) is 54.2 Å². The van der Waals surface area contributed by atoms with Gasteiger partial charge in [0.05, 0.1) is 11.4 Å². The van der Waals surface area contributed by atoms with E-state index in [1.54, 1.807) is 13.2 Å². The molecule has 140 valence electrons. The smallest absolute Gasteiger partial charge is 0.191 e. The first-order valence-corrected chi connectivity index (χ1v) is 10.6. The first-order valence-electron chi connectivity index (χ1n) is 8.52. The molecule has 0 bridgehead atoms. The van der Waals surface area contributed by atoms with Crippen LogP contribution < -0.4 is 10.6 Å². The van der Waals surface area contributed by atoms with Crippen LogP contribution in [0.25, 0.3) is 11.3 Å². The molecule has 0 aliphatic carbocycles. The van der Waals surface area contributed by atoms with Crippen molar-refractivity contribution in [1.29, 1.82) is 0 Å². The Balaban J connectivity index is 1.92. The molecule has 2 aromatic rings. The van der Waals surface area contributed by atoms with Crippen LogP contribution in [0.2, 0.25) is 0 Å². The largest absolute Gasteiger partial charge is 0.354 e. The molecule has 0 saturated carbocycles. The summed E-state index contributed by atoms with van der Waals surface area (Å²) < 4.78 is 22.5. The molecule has 26 heavy (non-hydrogen) atoms. The van der Waals surface area contributed by atoms with Gasteiger partial charge in [-0.15, -0.1) is 0 Å². The van der Waals surface area contributed by atoms with Crippen LogP contribution in [-0.4, -0.2) is 44.5 Å². The van der Waals surface area contributed by atoms with Gasteiger partial charge in [-0.3, -0.25) is 9.98 Å². The van der Waals surface area contributed by atoms with E-state index in [2.05, 4.69) is 26.7 Å². The van der Waals surface area contributed by atoms with E-state index in [-0.39, 0.29) is 11.8 Å². The van der Waals surface area contributed by atoms with Gasteiger partial charge in [0.2, 0.25) is 0 Å². The number of pyridine rings is 1. The second-order valence-corrected chi connectivity index (χ2v) is 8.56. The van der Waals surface area contributed by atoms with E-state index in [1.165, 1.54) is 6.26 Å². The third-order valence-corrected chi connectivity index (χ3v) is 4.85. The minimum atomic E-state index is -2.95. The molecule has 7 heteroatoms. The van der Waals surface area contributed by atoms with Crippen LogP contribution in [0, 0.1) is 0 Å². The van der Waals surface area contributed by atoms with Crippen LogP contribution in [0.5, 0.6) is 0 Å². The van der Waals surface area contributed by atoms with Crippen molar-refractivity contribution in [2.24, 2.45) is 4.99 Å². The molecule has 0 spiro atoms. The SMILES string of the molecule is CN=C(NCc1cccc(-c2ccccn2)c1)NC(C)CCS(C)(=O)=O. The van der Waals surface area contributed by atoms with Gasteiger partial charge in [0.25, 0.3) is 0 Å². The lowest BCUT2D eigenvalue weighted by molar-refractivity contribution is 0.581. The Labute approximate surface area is 155 Å². The average Bonchev–Trinajstić information content (AvgIpc) is 2.64. The molecular formula is C19H26N4O2S. The summed E-state index contributed by atoms with van der Waals surface area (Å²) in [5.41, 5.74) is 3.11. The fourth-order valence-corrected chi connectivity index (χ4v) is 3.23. The molecule has 1 atom stereocenters. The minimum Gasteiger partial charge on any atom is -0.354 e. The number of benzene rings is 1. The highest BCUT2D eigenvalue weighted by atomic mass is 32.2. The summed E-state index contributed by atoms with van der Waals surface area (Å²) >= 11 is 0. The monoisotopic (exact) mass is 374 g/mol. The van der Waals surface area contributed by atoms with Crippen molar-refractivity contribution in [1.82, 2.24) is 15.6 Å². The highest BCUT2D eigenvalue weighted by Crippen LogP contribution is 2.17. The molecule has 0 amide bonds. The Morgan fingerprint density at radius 1 is 1.23 bits per heavy atom. The van der Waals surface area contributed by atoms with Gasteiger partial charge in [0.1, 0.15) is 9.84 Å². The van der Waals surface area contributed by atoms with Gasteiger partial charge in [-0.05, 0) is 37.1 Å². The zero-order chi connectivity index (χ0) is 19.0. The number of hydrogen-bond acceptors (Lipinski definition) is 4. The number of sulfone groups is 1. The Kier molecular flexibility index (Phi) is 7.15. The molecule has 1 heterocycles. The molecule has 2 rings (SSSR count). The van der Waals surface area contributed by atoms with Crippen LogP contribution >= 0.6 is 0 Å². The normalized spacial score (nSPS) is 13.3. The van der Waals surface area contributed by atoms with E-state index >= 15 is 0 Å². The number of nitrogens with one attached hydrogen (secondary N) is 2. The predicted octanol–water partition coefficient (Wildman–Crippen LogP) is 2.24. The van der Waals surface area contributed by atoms with Gasteiger partial charge >= 0.3 is 0 Å². The van der Waals surface area contributed by atoms with Crippen molar-refractivity contribution in [2.75, 3.05) is 19.1 Å². The number of guanidine groups is 1. The van der Waals surface area contributed by atoms with Crippen LogP contribution in [0.15, 0.2) is 53.7 Å². The topological polar surface area (TPSA) is 83.4 Å². The Morgan fingerprint density at radius 3 is 2.69 bits per heavy atom. The summed E-state index contributed by atoms with van der Waals surface area (Å²) in [6.45, 7) is 2.55.